The van der Waals surface area contributed by atoms with Crippen LogP contribution >= 0.6 is 11.8 Å². The summed E-state index contributed by atoms with van der Waals surface area (Å²) in [5, 5.41) is 2.98. The lowest BCUT2D eigenvalue weighted by atomic mass is 10.1. The molecule has 2 atom stereocenters. The van der Waals surface area contributed by atoms with E-state index in [2.05, 4.69) is 24.4 Å². The van der Waals surface area contributed by atoms with E-state index in [-0.39, 0.29) is 22.7 Å². The minimum atomic E-state index is -0.300. The number of carbonyl (C=O) groups is 2. The highest BCUT2D eigenvalue weighted by Gasteiger charge is 2.52. The molecule has 0 bridgehead atoms. The van der Waals surface area contributed by atoms with Crippen molar-refractivity contribution in [2.75, 3.05) is 12.3 Å². The minimum Gasteiger partial charge on any atom is -0.354 e. The van der Waals surface area contributed by atoms with Crippen LogP contribution < -0.4 is 5.32 Å². The van der Waals surface area contributed by atoms with Crippen molar-refractivity contribution in [1.82, 2.24) is 10.2 Å². The molecule has 21 heavy (non-hydrogen) atoms. The molecule has 0 aromatic heterocycles. The maximum absolute atomic E-state index is 12.3. The fourth-order valence-electron chi connectivity index (χ4n) is 3.11. The van der Waals surface area contributed by atoms with Gasteiger partial charge in [-0.1, -0.05) is 30.3 Å². The number of rotatable bonds is 4. The third-order valence-electron chi connectivity index (χ3n) is 4.30. The highest BCUT2D eigenvalue weighted by molar-refractivity contribution is 8.01. The summed E-state index contributed by atoms with van der Waals surface area (Å²) in [5.41, 5.74) is 1.21. The average Bonchev–Trinajstić information content (AvgIpc) is 2.97. The largest absolute Gasteiger partial charge is 0.354 e. The van der Waals surface area contributed by atoms with Crippen LogP contribution in [0.15, 0.2) is 30.3 Å². The van der Waals surface area contributed by atoms with Crippen LogP contribution in [0.25, 0.3) is 0 Å². The molecule has 0 spiro atoms. The van der Waals surface area contributed by atoms with E-state index in [0.29, 0.717) is 18.7 Å². The van der Waals surface area contributed by atoms with E-state index < -0.39 is 0 Å². The van der Waals surface area contributed by atoms with Gasteiger partial charge in [-0.25, -0.2) is 0 Å². The lowest BCUT2D eigenvalue weighted by Crippen LogP contribution is -2.50. The lowest BCUT2D eigenvalue weighted by Gasteiger charge is -2.29. The third-order valence-corrected chi connectivity index (χ3v) is 5.81. The fourth-order valence-corrected chi connectivity index (χ4v) is 4.54. The molecule has 0 saturated carbocycles. The van der Waals surface area contributed by atoms with Gasteiger partial charge >= 0.3 is 0 Å². The van der Waals surface area contributed by atoms with E-state index in [4.69, 9.17) is 0 Å². The second-order valence-electron chi connectivity index (χ2n) is 5.79. The van der Waals surface area contributed by atoms with Gasteiger partial charge in [-0.2, -0.15) is 0 Å². The molecule has 0 aliphatic carbocycles. The Balaban J connectivity index is 1.55. The number of carbonyl (C=O) groups excluding carboxylic acids is 2. The average molecular weight is 304 g/mol. The molecule has 2 heterocycles. The number of amides is 2. The molecule has 3 rings (SSSR count). The molecule has 5 heteroatoms. The van der Waals surface area contributed by atoms with Gasteiger partial charge in [0.1, 0.15) is 6.04 Å². The maximum atomic E-state index is 12.3. The number of nitrogens with zero attached hydrogens (tertiary/aromatic N) is 1. The van der Waals surface area contributed by atoms with Crippen molar-refractivity contribution in [3.8, 4) is 0 Å². The van der Waals surface area contributed by atoms with Crippen molar-refractivity contribution < 1.29 is 9.59 Å². The van der Waals surface area contributed by atoms with Crippen LogP contribution in [-0.4, -0.2) is 39.9 Å². The first-order valence-corrected chi connectivity index (χ1v) is 8.36. The second-order valence-corrected chi connectivity index (χ2v) is 7.29. The Hall–Kier alpha value is -1.49. The molecule has 2 fully saturated rings. The molecule has 112 valence electrons. The molecule has 2 aliphatic rings. The van der Waals surface area contributed by atoms with Gasteiger partial charge in [-0.3, -0.25) is 9.59 Å². The number of thioether (sulfide) groups is 1. The predicted octanol–water partition coefficient (Wildman–Crippen LogP) is 1.80. The van der Waals surface area contributed by atoms with E-state index in [1.54, 1.807) is 16.7 Å². The first-order valence-electron chi connectivity index (χ1n) is 7.38. The maximum Gasteiger partial charge on any atom is 0.243 e. The zero-order valence-corrected chi connectivity index (χ0v) is 13.0. The van der Waals surface area contributed by atoms with Gasteiger partial charge in [-0.15, -0.1) is 11.8 Å². The smallest absolute Gasteiger partial charge is 0.243 e. The van der Waals surface area contributed by atoms with Crippen LogP contribution in [0.3, 0.4) is 0 Å². The zero-order valence-electron chi connectivity index (χ0n) is 12.2. The van der Waals surface area contributed by atoms with Gasteiger partial charge < -0.3 is 10.2 Å². The van der Waals surface area contributed by atoms with Gasteiger partial charge in [0.15, 0.2) is 0 Å². The normalized spacial score (nSPS) is 27.8. The summed E-state index contributed by atoms with van der Waals surface area (Å²) in [5.74, 6) is 0.808. The van der Waals surface area contributed by atoms with Crippen LogP contribution in [0.1, 0.15) is 25.3 Å². The minimum absolute atomic E-state index is 0.0163. The van der Waals surface area contributed by atoms with E-state index in [9.17, 15) is 9.59 Å². The molecule has 2 amide bonds. The standard InChI is InChI=1S/C16H20N2O2S/c1-16-9-7-14(19)18(16)13(11-21-16)15(20)17-10-8-12-5-3-2-4-6-12/h2-6,13H,7-11H2,1H3,(H,17,20)/t13-,16+/m1/s1. The van der Waals surface area contributed by atoms with Crippen molar-refractivity contribution in [2.45, 2.75) is 37.1 Å². The molecule has 2 aliphatic heterocycles. The van der Waals surface area contributed by atoms with Crippen LogP contribution in [0.4, 0.5) is 0 Å². The first kappa shape index (κ1) is 14.4. The van der Waals surface area contributed by atoms with Gasteiger partial charge in [-0.05, 0) is 25.3 Å². The number of benzene rings is 1. The topological polar surface area (TPSA) is 49.4 Å². The Labute approximate surface area is 129 Å². The lowest BCUT2D eigenvalue weighted by molar-refractivity contribution is -0.137. The second kappa shape index (κ2) is 5.72. The van der Waals surface area contributed by atoms with E-state index in [1.165, 1.54) is 5.56 Å². The van der Waals surface area contributed by atoms with Crippen LogP contribution in [0.5, 0.6) is 0 Å². The summed E-state index contributed by atoms with van der Waals surface area (Å²) in [7, 11) is 0. The molecule has 1 aromatic rings. The van der Waals surface area contributed by atoms with Crippen LogP contribution in [0.2, 0.25) is 0 Å². The molecule has 0 radical (unpaired) electrons. The zero-order chi connectivity index (χ0) is 14.9. The van der Waals surface area contributed by atoms with E-state index >= 15 is 0 Å². The van der Waals surface area contributed by atoms with Crippen molar-refractivity contribution in [1.29, 1.82) is 0 Å². The summed E-state index contributed by atoms with van der Waals surface area (Å²) in [6.07, 6.45) is 2.24. The van der Waals surface area contributed by atoms with E-state index in [0.717, 1.165) is 12.8 Å². The number of hydrogen-bond acceptors (Lipinski definition) is 3. The predicted molar refractivity (Wildman–Crippen MR) is 83.9 cm³/mol. The van der Waals surface area contributed by atoms with Crippen molar-refractivity contribution >= 4 is 23.6 Å². The molecule has 0 unspecified atom stereocenters. The van der Waals surface area contributed by atoms with Gasteiger partial charge in [0.25, 0.3) is 0 Å². The van der Waals surface area contributed by atoms with Gasteiger partial charge in [0, 0.05) is 18.7 Å². The van der Waals surface area contributed by atoms with Crippen molar-refractivity contribution in [3.63, 3.8) is 0 Å². The Morgan fingerprint density at radius 1 is 1.43 bits per heavy atom. The first-order chi connectivity index (χ1) is 10.1. The molecule has 1 N–H and O–H groups in total. The monoisotopic (exact) mass is 304 g/mol. The third kappa shape index (κ3) is 2.79. The highest BCUT2D eigenvalue weighted by atomic mass is 32.2. The Kier molecular flexibility index (Phi) is 3.93. The molecule has 1 aromatic carbocycles. The number of fused-ring (bicyclic) bond motifs is 1. The van der Waals surface area contributed by atoms with E-state index in [1.807, 2.05) is 18.2 Å². The number of hydrogen-bond donors (Lipinski definition) is 1. The van der Waals surface area contributed by atoms with Crippen LogP contribution in [-0.2, 0) is 16.0 Å². The highest BCUT2D eigenvalue weighted by Crippen LogP contribution is 2.47. The Bertz CT molecular complexity index is 548. The van der Waals surface area contributed by atoms with Gasteiger partial charge in [0.05, 0.1) is 4.87 Å². The Morgan fingerprint density at radius 2 is 2.19 bits per heavy atom. The molecular weight excluding hydrogens is 284 g/mol. The fraction of sp³-hybridized carbons (Fsp3) is 0.500. The quantitative estimate of drug-likeness (QED) is 0.923. The summed E-state index contributed by atoms with van der Waals surface area (Å²) < 4.78 is 0. The molecule has 2 saturated heterocycles. The van der Waals surface area contributed by atoms with Gasteiger partial charge in [0.2, 0.25) is 11.8 Å². The SMILES string of the molecule is C[C@]12CCC(=O)N1[C@@H](C(=O)NCCc1ccccc1)CS2. The van der Waals surface area contributed by atoms with Crippen molar-refractivity contribution in [2.24, 2.45) is 0 Å². The molecular formula is C16H20N2O2S. The van der Waals surface area contributed by atoms with Crippen molar-refractivity contribution in [3.05, 3.63) is 35.9 Å². The van der Waals surface area contributed by atoms with Crippen LogP contribution in [0, 0.1) is 0 Å². The summed E-state index contributed by atoms with van der Waals surface area (Å²) in [6.45, 7) is 2.68. The summed E-state index contributed by atoms with van der Waals surface area (Å²) in [6, 6.07) is 9.79. The summed E-state index contributed by atoms with van der Waals surface area (Å²) in [4.78, 5) is 26.0. The molecule has 4 nitrogen and oxygen atoms in total. The summed E-state index contributed by atoms with van der Waals surface area (Å²) >= 11 is 1.73. The number of nitrogens with one attached hydrogen (secondary N) is 1. The Morgan fingerprint density at radius 3 is 2.95 bits per heavy atom.